The molecular formula is C8H15Cl2O3P. The predicted octanol–water partition coefficient (Wildman–Crippen LogP) is 4.31. The van der Waals surface area contributed by atoms with E-state index in [0.717, 1.165) is 5.82 Å². The zero-order valence-electron chi connectivity index (χ0n) is 8.66. The highest BCUT2D eigenvalue weighted by molar-refractivity contribution is 7.57. The van der Waals surface area contributed by atoms with Crippen LogP contribution in [0.4, 0.5) is 0 Å². The van der Waals surface area contributed by atoms with Gasteiger partial charge in [0.25, 0.3) is 0 Å². The zero-order valence-corrected chi connectivity index (χ0v) is 11.1. The lowest BCUT2D eigenvalue weighted by Gasteiger charge is -2.19. The highest BCUT2D eigenvalue weighted by atomic mass is 35.5. The third-order valence-corrected chi connectivity index (χ3v) is 3.50. The largest absolute Gasteiger partial charge is 0.357 e. The summed E-state index contributed by atoms with van der Waals surface area (Å²) in [6.07, 6.45) is -0.438. The lowest BCUT2D eigenvalue weighted by Crippen LogP contribution is -2.06. The molecule has 0 aromatic carbocycles. The van der Waals surface area contributed by atoms with Crippen molar-refractivity contribution in [3.05, 3.63) is 10.3 Å². The Labute approximate surface area is 94.9 Å². The van der Waals surface area contributed by atoms with E-state index in [0.29, 0.717) is 0 Å². The van der Waals surface area contributed by atoms with Crippen LogP contribution in [0.25, 0.3) is 0 Å². The number of rotatable bonds is 5. The van der Waals surface area contributed by atoms with Gasteiger partial charge in [-0.1, -0.05) is 23.2 Å². The Morgan fingerprint density at radius 1 is 1.14 bits per heavy atom. The Kier molecular flexibility index (Phi) is 6.35. The van der Waals surface area contributed by atoms with E-state index < -0.39 is 7.60 Å². The van der Waals surface area contributed by atoms with Crippen LogP contribution >= 0.6 is 30.8 Å². The molecule has 3 nitrogen and oxygen atoms in total. The van der Waals surface area contributed by atoms with Crippen LogP contribution in [0.5, 0.6) is 0 Å². The van der Waals surface area contributed by atoms with Crippen molar-refractivity contribution in [2.24, 2.45) is 0 Å². The standard InChI is InChI=1S/C8H15Cl2O3P/c1-6(2)12-14(11,5-8(9)10)13-7(3)4/h5-7H,1-4H3. The number of halogens is 2. The average Bonchev–Trinajstić information content (AvgIpc) is 1.76. The molecule has 0 atom stereocenters. The van der Waals surface area contributed by atoms with E-state index in [2.05, 4.69) is 0 Å². The third kappa shape index (κ3) is 6.86. The highest BCUT2D eigenvalue weighted by Crippen LogP contribution is 2.53. The quantitative estimate of drug-likeness (QED) is 0.692. The summed E-state index contributed by atoms with van der Waals surface area (Å²) >= 11 is 10.8. The minimum Gasteiger partial charge on any atom is -0.303 e. The van der Waals surface area contributed by atoms with Gasteiger partial charge in [-0.2, -0.15) is 0 Å². The van der Waals surface area contributed by atoms with Gasteiger partial charge in [0.05, 0.1) is 18.0 Å². The molecule has 0 heterocycles. The van der Waals surface area contributed by atoms with E-state index in [4.69, 9.17) is 32.2 Å². The van der Waals surface area contributed by atoms with Gasteiger partial charge in [0.1, 0.15) is 4.49 Å². The molecule has 0 aromatic heterocycles. The lowest BCUT2D eigenvalue weighted by atomic mass is 10.5. The van der Waals surface area contributed by atoms with Crippen LogP contribution in [0.15, 0.2) is 10.3 Å². The van der Waals surface area contributed by atoms with Crippen molar-refractivity contribution in [3.8, 4) is 0 Å². The second-order valence-corrected chi connectivity index (χ2v) is 6.03. The van der Waals surface area contributed by atoms with Crippen molar-refractivity contribution in [2.75, 3.05) is 0 Å². The molecule has 0 aliphatic carbocycles. The van der Waals surface area contributed by atoms with E-state index in [1.54, 1.807) is 27.7 Å². The maximum absolute atomic E-state index is 12.0. The SMILES string of the molecule is CC(C)OP(=O)(C=C(Cl)Cl)OC(C)C. The average molecular weight is 261 g/mol. The summed E-state index contributed by atoms with van der Waals surface area (Å²) in [6, 6.07) is 0. The normalized spacial score (nSPS) is 12.3. The van der Waals surface area contributed by atoms with Crippen LogP contribution in [0.2, 0.25) is 0 Å². The Bertz CT molecular complexity index is 233. The van der Waals surface area contributed by atoms with Crippen LogP contribution in [-0.2, 0) is 13.6 Å². The first kappa shape index (κ1) is 14.5. The fourth-order valence-electron chi connectivity index (χ4n) is 0.793. The lowest BCUT2D eigenvalue weighted by molar-refractivity contribution is 0.149. The predicted molar refractivity (Wildman–Crippen MR) is 59.8 cm³/mol. The van der Waals surface area contributed by atoms with Gasteiger partial charge >= 0.3 is 7.60 Å². The molecule has 0 aliphatic rings. The molecule has 0 radical (unpaired) electrons. The summed E-state index contributed by atoms with van der Waals surface area (Å²) in [6.45, 7) is 7.03. The maximum atomic E-state index is 12.0. The Morgan fingerprint density at radius 2 is 1.50 bits per heavy atom. The molecule has 0 rings (SSSR count). The summed E-state index contributed by atoms with van der Waals surface area (Å²) in [5.41, 5.74) is 0. The summed E-state index contributed by atoms with van der Waals surface area (Å²) in [4.78, 5) is 0. The smallest absolute Gasteiger partial charge is 0.303 e. The molecule has 14 heavy (non-hydrogen) atoms. The molecule has 0 aromatic rings. The molecule has 0 spiro atoms. The summed E-state index contributed by atoms with van der Waals surface area (Å²) in [5, 5.41) is 0. The van der Waals surface area contributed by atoms with Gasteiger partial charge in [0.2, 0.25) is 0 Å². The van der Waals surface area contributed by atoms with E-state index in [1.807, 2.05) is 0 Å². The van der Waals surface area contributed by atoms with Gasteiger partial charge < -0.3 is 9.05 Å². The molecule has 0 fully saturated rings. The summed E-state index contributed by atoms with van der Waals surface area (Å²) in [5.74, 6) is 1.11. The molecule has 0 aliphatic heterocycles. The van der Waals surface area contributed by atoms with Gasteiger partial charge in [-0.3, -0.25) is 4.57 Å². The van der Waals surface area contributed by atoms with Gasteiger partial charge in [0.15, 0.2) is 0 Å². The molecule has 0 bridgehead atoms. The van der Waals surface area contributed by atoms with Crippen molar-refractivity contribution in [1.82, 2.24) is 0 Å². The number of hydrogen-bond acceptors (Lipinski definition) is 3. The first-order valence-electron chi connectivity index (χ1n) is 4.25. The molecule has 0 amide bonds. The van der Waals surface area contributed by atoms with E-state index >= 15 is 0 Å². The van der Waals surface area contributed by atoms with Crippen molar-refractivity contribution < 1.29 is 13.6 Å². The zero-order chi connectivity index (χ0) is 11.4. The van der Waals surface area contributed by atoms with E-state index in [1.165, 1.54) is 0 Å². The topological polar surface area (TPSA) is 35.5 Å². The van der Waals surface area contributed by atoms with Crippen molar-refractivity contribution in [1.29, 1.82) is 0 Å². The Hall–Kier alpha value is 0.470. The van der Waals surface area contributed by atoms with Crippen LogP contribution in [0.1, 0.15) is 27.7 Å². The molecule has 0 saturated carbocycles. The maximum Gasteiger partial charge on any atom is 0.357 e. The minimum atomic E-state index is -3.31. The Morgan fingerprint density at radius 3 is 1.71 bits per heavy atom. The molecule has 0 saturated heterocycles. The molecule has 0 unspecified atom stereocenters. The minimum absolute atomic E-state index is 0.116. The fourth-order valence-corrected chi connectivity index (χ4v) is 3.10. The van der Waals surface area contributed by atoms with Crippen molar-refractivity contribution in [3.63, 3.8) is 0 Å². The summed E-state index contributed by atoms with van der Waals surface area (Å²) < 4.78 is 22.1. The fraction of sp³-hybridized carbons (Fsp3) is 0.750. The highest BCUT2D eigenvalue weighted by Gasteiger charge is 2.25. The third-order valence-electron chi connectivity index (χ3n) is 0.971. The second-order valence-electron chi connectivity index (χ2n) is 3.27. The van der Waals surface area contributed by atoms with E-state index in [9.17, 15) is 4.57 Å². The van der Waals surface area contributed by atoms with Crippen LogP contribution in [0, 0.1) is 0 Å². The molecular weight excluding hydrogens is 246 g/mol. The second kappa shape index (κ2) is 6.14. The first-order valence-corrected chi connectivity index (χ1v) is 6.62. The molecule has 84 valence electrons. The van der Waals surface area contributed by atoms with Gasteiger partial charge in [-0.25, -0.2) is 0 Å². The molecule has 6 heteroatoms. The van der Waals surface area contributed by atoms with Gasteiger partial charge in [0, 0.05) is 0 Å². The first-order chi connectivity index (χ1) is 6.25. The van der Waals surface area contributed by atoms with E-state index in [-0.39, 0.29) is 16.7 Å². The molecule has 0 N–H and O–H groups in total. The number of hydrogen-bond donors (Lipinski definition) is 0. The monoisotopic (exact) mass is 260 g/mol. The van der Waals surface area contributed by atoms with Crippen molar-refractivity contribution in [2.45, 2.75) is 39.9 Å². The van der Waals surface area contributed by atoms with Gasteiger partial charge in [-0.15, -0.1) is 0 Å². The van der Waals surface area contributed by atoms with Crippen LogP contribution in [-0.4, -0.2) is 12.2 Å². The van der Waals surface area contributed by atoms with Gasteiger partial charge in [-0.05, 0) is 27.7 Å². The Balaban J connectivity index is 4.68. The van der Waals surface area contributed by atoms with Crippen LogP contribution < -0.4 is 0 Å². The van der Waals surface area contributed by atoms with Crippen LogP contribution in [0.3, 0.4) is 0 Å². The van der Waals surface area contributed by atoms with Crippen molar-refractivity contribution >= 4 is 30.8 Å². The summed E-state index contributed by atoms with van der Waals surface area (Å²) in [7, 11) is -3.31.